The van der Waals surface area contributed by atoms with Crippen LogP contribution >= 0.6 is 0 Å². The second-order valence-electron chi connectivity index (χ2n) is 12.6. The molecular weight excluding hydrogens is 746 g/mol. The first-order valence-corrected chi connectivity index (χ1v) is 18.2. The Bertz CT molecular complexity index is 2170. The van der Waals surface area contributed by atoms with Crippen molar-refractivity contribution in [3.05, 3.63) is 108 Å². The topological polar surface area (TPSA) is 149 Å². The molecule has 1 aliphatic heterocycles. The van der Waals surface area contributed by atoms with Gasteiger partial charge in [0.05, 0.1) is 27.2 Å². The number of rotatable bonds is 13. The van der Waals surface area contributed by atoms with Gasteiger partial charge in [-0.15, -0.1) is 0 Å². The number of alkyl halides is 3. The molecule has 292 valence electrons. The van der Waals surface area contributed by atoms with Crippen molar-refractivity contribution in [1.29, 1.82) is 0 Å². The molecule has 0 spiro atoms. The van der Waals surface area contributed by atoms with Gasteiger partial charge in [-0.25, -0.2) is 19.9 Å². The van der Waals surface area contributed by atoms with E-state index in [1.807, 2.05) is 30.3 Å². The van der Waals surface area contributed by atoms with E-state index in [0.29, 0.717) is 34.0 Å². The Morgan fingerprint density at radius 3 is 1.96 bits per heavy atom. The summed E-state index contributed by atoms with van der Waals surface area (Å²) in [5.41, 5.74) is -4.88. The van der Waals surface area contributed by atoms with Gasteiger partial charge in [-0.1, -0.05) is 54.6 Å². The SMILES string of the molecule is COc1ccc(C(OC[C@H]2O[C@@H](n3cnc4c(/N=C(\C)N(C)C)ncnc43)[C@H](OC)[C@@H]2OS(=O)(=O)C(F)(F)F)(c2ccccc2)c2ccc(OC)cc2)cc1. The molecular formula is C37H39F3N6O8S. The lowest BCUT2D eigenvalue weighted by Gasteiger charge is -2.37. The number of fused-ring (bicyclic) bond motifs is 1. The molecule has 0 amide bonds. The maximum Gasteiger partial charge on any atom is 0.523 e. The molecule has 3 aromatic carbocycles. The Labute approximate surface area is 315 Å². The smallest absolute Gasteiger partial charge is 0.497 e. The van der Waals surface area contributed by atoms with Crippen molar-refractivity contribution in [3.8, 4) is 11.5 Å². The van der Waals surface area contributed by atoms with Crippen LogP contribution in [0, 0.1) is 0 Å². The monoisotopic (exact) mass is 784 g/mol. The van der Waals surface area contributed by atoms with Crippen LogP contribution in [-0.4, -0.2) is 105 Å². The van der Waals surface area contributed by atoms with Crippen LogP contribution in [0.1, 0.15) is 29.8 Å². The van der Waals surface area contributed by atoms with Crippen LogP contribution in [0.2, 0.25) is 0 Å². The molecule has 0 bridgehead atoms. The predicted octanol–water partition coefficient (Wildman–Crippen LogP) is 5.61. The van der Waals surface area contributed by atoms with Crippen LogP contribution in [0.4, 0.5) is 19.0 Å². The van der Waals surface area contributed by atoms with Crippen LogP contribution in [0.5, 0.6) is 11.5 Å². The summed E-state index contributed by atoms with van der Waals surface area (Å²) < 4.78 is 103. The molecule has 0 saturated carbocycles. The Balaban J connectivity index is 1.48. The minimum Gasteiger partial charge on any atom is -0.497 e. The van der Waals surface area contributed by atoms with Gasteiger partial charge in [0.2, 0.25) is 0 Å². The molecule has 0 aliphatic carbocycles. The minimum atomic E-state index is -6.16. The second kappa shape index (κ2) is 15.9. The largest absolute Gasteiger partial charge is 0.523 e. The van der Waals surface area contributed by atoms with E-state index in [0.717, 1.165) is 0 Å². The zero-order chi connectivity index (χ0) is 39.5. The lowest BCUT2D eigenvalue weighted by atomic mass is 9.80. The summed E-state index contributed by atoms with van der Waals surface area (Å²) in [6, 6.07) is 23.3. The number of benzene rings is 3. The number of hydrogen-bond acceptors (Lipinski definition) is 12. The Morgan fingerprint density at radius 2 is 1.44 bits per heavy atom. The molecule has 1 saturated heterocycles. The number of halogens is 3. The van der Waals surface area contributed by atoms with Crippen molar-refractivity contribution >= 4 is 32.9 Å². The Hall–Kier alpha value is -5.14. The summed E-state index contributed by atoms with van der Waals surface area (Å²) in [6.45, 7) is 1.27. The average molecular weight is 785 g/mol. The lowest BCUT2D eigenvalue weighted by molar-refractivity contribution is -0.0959. The van der Waals surface area contributed by atoms with E-state index in [1.54, 1.807) is 74.4 Å². The quantitative estimate of drug-likeness (QED) is 0.0481. The van der Waals surface area contributed by atoms with Crippen molar-refractivity contribution in [1.82, 2.24) is 24.4 Å². The third kappa shape index (κ3) is 7.72. The van der Waals surface area contributed by atoms with Gasteiger partial charge >= 0.3 is 15.6 Å². The first-order chi connectivity index (χ1) is 26.2. The molecule has 0 N–H and O–H groups in total. The van der Waals surface area contributed by atoms with Gasteiger partial charge in [0.25, 0.3) is 0 Å². The van der Waals surface area contributed by atoms with E-state index in [-0.39, 0.29) is 17.0 Å². The van der Waals surface area contributed by atoms with Gasteiger partial charge in [0.1, 0.15) is 47.6 Å². The van der Waals surface area contributed by atoms with E-state index in [4.69, 9.17) is 27.9 Å². The number of hydrogen-bond donors (Lipinski definition) is 0. The Morgan fingerprint density at radius 1 is 0.855 bits per heavy atom. The molecule has 4 atom stereocenters. The van der Waals surface area contributed by atoms with Gasteiger partial charge in [0, 0.05) is 21.2 Å². The van der Waals surface area contributed by atoms with Crippen LogP contribution in [0.25, 0.3) is 11.2 Å². The highest BCUT2D eigenvalue weighted by Gasteiger charge is 2.56. The molecule has 1 aliphatic rings. The summed E-state index contributed by atoms with van der Waals surface area (Å²) in [6.07, 6.45) is -3.50. The molecule has 0 unspecified atom stereocenters. The van der Waals surface area contributed by atoms with Crippen molar-refractivity contribution < 1.29 is 49.5 Å². The molecule has 1 fully saturated rings. The number of aliphatic imine (C=N–C) groups is 1. The van der Waals surface area contributed by atoms with Crippen molar-refractivity contribution in [2.75, 3.05) is 42.0 Å². The van der Waals surface area contributed by atoms with Crippen molar-refractivity contribution in [3.63, 3.8) is 0 Å². The predicted molar refractivity (Wildman–Crippen MR) is 195 cm³/mol. The van der Waals surface area contributed by atoms with Gasteiger partial charge < -0.3 is 28.6 Å². The summed E-state index contributed by atoms with van der Waals surface area (Å²) in [7, 11) is 1.71. The Kier molecular flexibility index (Phi) is 11.4. The van der Waals surface area contributed by atoms with Gasteiger partial charge in [-0.05, 0) is 47.9 Å². The highest BCUT2D eigenvalue weighted by molar-refractivity contribution is 7.87. The van der Waals surface area contributed by atoms with Crippen LogP contribution < -0.4 is 9.47 Å². The third-order valence-electron chi connectivity index (χ3n) is 9.24. The number of aromatic nitrogens is 4. The summed E-state index contributed by atoms with van der Waals surface area (Å²) in [5.74, 6) is 1.97. The maximum atomic E-state index is 13.9. The normalized spacial score (nSPS) is 19.5. The average Bonchev–Trinajstić information content (AvgIpc) is 3.76. The zero-order valence-electron chi connectivity index (χ0n) is 30.7. The fourth-order valence-corrected chi connectivity index (χ4v) is 6.91. The number of amidine groups is 1. The zero-order valence-corrected chi connectivity index (χ0v) is 31.5. The molecule has 3 heterocycles. The fraction of sp³-hybridized carbons (Fsp3) is 0.351. The molecule has 14 nitrogen and oxygen atoms in total. The molecule has 6 rings (SSSR count). The van der Waals surface area contributed by atoms with E-state index >= 15 is 0 Å². The van der Waals surface area contributed by atoms with Crippen molar-refractivity contribution in [2.45, 2.75) is 42.6 Å². The molecule has 0 radical (unpaired) electrons. The van der Waals surface area contributed by atoms with Crippen LogP contribution in [0.3, 0.4) is 0 Å². The molecule has 18 heteroatoms. The third-order valence-corrected chi connectivity index (χ3v) is 10.3. The van der Waals surface area contributed by atoms with Crippen LogP contribution in [-0.2, 0) is 34.1 Å². The molecule has 5 aromatic rings. The number of ether oxygens (including phenoxy) is 5. The van der Waals surface area contributed by atoms with E-state index in [2.05, 4.69) is 19.9 Å². The van der Waals surface area contributed by atoms with Crippen LogP contribution in [0.15, 0.2) is 96.5 Å². The van der Waals surface area contributed by atoms with Gasteiger partial charge in [-0.3, -0.25) is 8.75 Å². The van der Waals surface area contributed by atoms with E-state index in [9.17, 15) is 21.6 Å². The summed E-state index contributed by atoms with van der Waals surface area (Å²) in [4.78, 5) is 19.3. The summed E-state index contributed by atoms with van der Waals surface area (Å²) >= 11 is 0. The summed E-state index contributed by atoms with van der Waals surface area (Å²) in [5, 5.41) is 0. The second-order valence-corrected chi connectivity index (χ2v) is 14.2. The fourth-order valence-electron chi connectivity index (χ4n) is 6.28. The number of methoxy groups -OCH3 is 3. The first kappa shape index (κ1) is 39.6. The first-order valence-electron chi connectivity index (χ1n) is 16.8. The van der Waals surface area contributed by atoms with E-state index in [1.165, 1.54) is 38.6 Å². The maximum absolute atomic E-state index is 13.9. The standard InChI is InChI=1S/C37H39F3N6O8S/c1-23(45(2)3)44-33-30-34(42-21-41-33)46(22-43-30)35-32(51-6)31(54-55(47,48)37(38,39)40)29(53-35)20-52-36(24-10-8-7-9-11-24,25-12-16-27(49-4)17-13-25)26-14-18-28(50-5)19-15-26/h7-19,21-22,29,31-32,35H,20H2,1-6H3/b44-23+/t29-,31-,32-,35-/m1/s1. The molecule has 55 heavy (non-hydrogen) atoms. The van der Waals surface area contributed by atoms with Gasteiger partial charge in [0.15, 0.2) is 23.2 Å². The van der Waals surface area contributed by atoms with Gasteiger partial charge in [-0.2, -0.15) is 21.6 Å². The van der Waals surface area contributed by atoms with Crippen molar-refractivity contribution in [2.24, 2.45) is 4.99 Å². The number of nitrogens with zero attached hydrogens (tertiary/aromatic N) is 6. The number of imidazole rings is 1. The molecule has 2 aromatic heterocycles. The lowest BCUT2D eigenvalue weighted by Crippen LogP contribution is -2.44. The minimum absolute atomic E-state index is 0.196. The highest BCUT2D eigenvalue weighted by atomic mass is 32.2. The van der Waals surface area contributed by atoms with E-state index < -0.39 is 52.4 Å². The highest BCUT2D eigenvalue weighted by Crippen LogP contribution is 2.44.